The van der Waals surface area contributed by atoms with E-state index in [9.17, 15) is 34.2 Å². The van der Waals surface area contributed by atoms with Gasteiger partial charge in [-0.1, -0.05) is 0 Å². The fourth-order valence-electron chi connectivity index (χ4n) is 4.63. The van der Waals surface area contributed by atoms with Gasteiger partial charge in [0.05, 0.1) is 32.7 Å². The standard InChI is InChI=1S/C24H43N7O7/c1-2-25-21(33)17-27-11-13-31(14-12-27)22(34)18-28-5-3-26(15-16-32)4-6-29(19-23(35)36)9-10-30(8-7-28)20-24(37)38/h16H,2-15,17-20H2,1H3,(H,25,33)(H,35,36)(H,37,38). The molecule has 0 spiro atoms. The molecule has 2 amide bonds. The van der Waals surface area contributed by atoms with Crippen molar-refractivity contribution in [1.29, 1.82) is 0 Å². The quantitative estimate of drug-likeness (QED) is 0.226. The lowest BCUT2D eigenvalue weighted by Gasteiger charge is -2.36. The van der Waals surface area contributed by atoms with Gasteiger partial charge in [-0.25, -0.2) is 0 Å². The first kappa shape index (κ1) is 31.6. The number of amides is 2. The van der Waals surface area contributed by atoms with Crippen LogP contribution in [0.15, 0.2) is 0 Å². The van der Waals surface area contributed by atoms with Crippen LogP contribution in [0, 0.1) is 0 Å². The number of carbonyl (C=O) groups is 5. The molecule has 2 rings (SSSR count). The third-order valence-corrected chi connectivity index (χ3v) is 6.81. The predicted molar refractivity (Wildman–Crippen MR) is 139 cm³/mol. The summed E-state index contributed by atoms with van der Waals surface area (Å²) in [5, 5.41) is 21.4. The molecule has 2 aliphatic heterocycles. The Balaban J connectivity index is 2.00. The van der Waals surface area contributed by atoms with Crippen molar-refractivity contribution in [3.8, 4) is 0 Å². The molecule has 14 nitrogen and oxygen atoms in total. The first-order valence-corrected chi connectivity index (χ1v) is 13.2. The highest BCUT2D eigenvalue weighted by molar-refractivity contribution is 5.79. The highest BCUT2D eigenvalue weighted by Crippen LogP contribution is 2.05. The summed E-state index contributed by atoms with van der Waals surface area (Å²) < 4.78 is 0. The van der Waals surface area contributed by atoms with Gasteiger partial charge in [-0.3, -0.25) is 43.7 Å². The predicted octanol–water partition coefficient (Wildman–Crippen LogP) is -3.14. The maximum absolute atomic E-state index is 13.1. The Labute approximate surface area is 224 Å². The second-order valence-corrected chi connectivity index (χ2v) is 9.69. The van der Waals surface area contributed by atoms with Gasteiger partial charge < -0.3 is 25.2 Å². The Morgan fingerprint density at radius 3 is 1.45 bits per heavy atom. The summed E-state index contributed by atoms with van der Waals surface area (Å²) in [5.41, 5.74) is 0. The number of hydrogen-bond acceptors (Lipinski definition) is 10. The fraction of sp³-hybridized carbons (Fsp3) is 0.792. The van der Waals surface area contributed by atoms with Gasteiger partial charge in [0.2, 0.25) is 11.8 Å². The molecule has 2 saturated heterocycles. The van der Waals surface area contributed by atoms with Crippen LogP contribution >= 0.6 is 0 Å². The lowest BCUT2D eigenvalue weighted by molar-refractivity contribution is -0.140. The van der Waals surface area contributed by atoms with E-state index in [0.29, 0.717) is 91.6 Å². The number of aliphatic carboxylic acids is 2. The fourth-order valence-corrected chi connectivity index (χ4v) is 4.63. The molecule has 0 saturated carbocycles. The van der Waals surface area contributed by atoms with Gasteiger partial charge >= 0.3 is 11.9 Å². The van der Waals surface area contributed by atoms with Crippen molar-refractivity contribution >= 4 is 30.0 Å². The summed E-state index contributed by atoms with van der Waals surface area (Å²) in [7, 11) is 0. The number of likely N-dealkylation sites (N-methyl/N-ethyl adjacent to an activating group) is 1. The van der Waals surface area contributed by atoms with E-state index in [1.54, 1.807) is 14.7 Å². The smallest absolute Gasteiger partial charge is 0.317 e. The summed E-state index contributed by atoms with van der Waals surface area (Å²) in [6.07, 6.45) is 0.817. The summed E-state index contributed by atoms with van der Waals surface area (Å²) in [4.78, 5) is 70.2. The van der Waals surface area contributed by atoms with E-state index in [0.717, 1.165) is 6.29 Å². The van der Waals surface area contributed by atoms with Crippen LogP contribution < -0.4 is 5.32 Å². The number of nitrogens with one attached hydrogen (secondary N) is 1. The molecular formula is C24H43N7O7. The first-order chi connectivity index (χ1) is 18.2. The van der Waals surface area contributed by atoms with Gasteiger partial charge in [-0.05, 0) is 6.92 Å². The van der Waals surface area contributed by atoms with Gasteiger partial charge in [-0.15, -0.1) is 0 Å². The molecular weight excluding hydrogens is 498 g/mol. The zero-order valence-corrected chi connectivity index (χ0v) is 22.4. The van der Waals surface area contributed by atoms with E-state index in [1.165, 1.54) is 0 Å². The molecule has 0 radical (unpaired) electrons. The van der Waals surface area contributed by atoms with Gasteiger partial charge in [0.15, 0.2) is 0 Å². The van der Waals surface area contributed by atoms with E-state index in [4.69, 9.17) is 0 Å². The molecule has 2 fully saturated rings. The number of hydrogen-bond donors (Lipinski definition) is 3. The molecule has 216 valence electrons. The number of carboxylic acid groups (broad SMARTS) is 2. The van der Waals surface area contributed by atoms with Crippen LogP contribution in [0.2, 0.25) is 0 Å². The maximum Gasteiger partial charge on any atom is 0.317 e. The van der Waals surface area contributed by atoms with Crippen LogP contribution in [-0.4, -0.2) is 187 Å². The second-order valence-electron chi connectivity index (χ2n) is 9.69. The van der Waals surface area contributed by atoms with Gasteiger partial charge in [0.1, 0.15) is 6.29 Å². The minimum atomic E-state index is -0.966. The molecule has 2 heterocycles. The van der Waals surface area contributed by atoms with Crippen LogP contribution in [0.5, 0.6) is 0 Å². The molecule has 0 aromatic heterocycles. The first-order valence-electron chi connectivity index (χ1n) is 13.2. The van der Waals surface area contributed by atoms with E-state index < -0.39 is 11.9 Å². The molecule has 0 bridgehead atoms. The highest BCUT2D eigenvalue weighted by atomic mass is 16.4. The molecule has 2 aliphatic rings. The normalized spacial score (nSPS) is 20.3. The molecule has 3 N–H and O–H groups in total. The van der Waals surface area contributed by atoms with Gasteiger partial charge in [0.25, 0.3) is 0 Å². The van der Waals surface area contributed by atoms with Crippen LogP contribution in [0.3, 0.4) is 0 Å². The highest BCUT2D eigenvalue weighted by Gasteiger charge is 2.25. The molecule has 14 heteroatoms. The minimum Gasteiger partial charge on any atom is -0.480 e. The number of piperazine rings is 1. The van der Waals surface area contributed by atoms with Crippen molar-refractivity contribution in [2.75, 3.05) is 118 Å². The van der Waals surface area contributed by atoms with Crippen LogP contribution in [0.25, 0.3) is 0 Å². The molecule has 0 unspecified atom stereocenters. The Morgan fingerprint density at radius 1 is 0.632 bits per heavy atom. The lowest BCUT2D eigenvalue weighted by Crippen LogP contribution is -2.54. The largest absolute Gasteiger partial charge is 0.480 e. The zero-order chi connectivity index (χ0) is 27.9. The van der Waals surface area contributed by atoms with Crippen molar-refractivity contribution in [3.05, 3.63) is 0 Å². The number of nitrogens with zero attached hydrogens (tertiary/aromatic N) is 6. The topological polar surface area (TPSA) is 157 Å². The van der Waals surface area contributed by atoms with Crippen molar-refractivity contribution in [1.82, 2.24) is 34.7 Å². The Bertz CT molecular complexity index is 792. The lowest BCUT2D eigenvalue weighted by atomic mass is 10.2. The molecule has 0 aliphatic carbocycles. The molecule has 0 aromatic carbocycles. The Kier molecular flexibility index (Phi) is 14.2. The second kappa shape index (κ2) is 17.0. The molecule has 38 heavy (non-hydrogen) atoms. The Hall–Kier alpha value is -2.65. The summed E-state index contributed by atoms with van der Waals surface area (Å²) in [6, 6.07) is 0. The van der Waals surface area contributed by atoms with E-state index in [-0.39, 0.29) is 38.0 Å². The number of carbonyl (C=O) groups excluding carboxylic acids is 3. The van der Waals surface area contributed by atoms with E-state index in [1.807, 2.05) is 21.6 Å². The minimum absolute atomic E-state index is 0.0193. The number of aldehydes is 1. The van der Waals surface area contributed by atoms with Crippen molar-refractivity contribution in [2.24, 2.45) is 0 Å². The van der Waals surface area contributed by atoms with Crippen molar-refractivity contribution < 1.29 is 34.2 Å². The van der Waals surface area contributed by atoms with Crippen molar-refractivity contribution in [3.63, 3.8) is 0 Å². The van der Waals surface area contributed by atoms with Crippen molar-refractivity contribution in [2.45, 2.75) is 6.92 Å². The SMILES string of the molecule is CCNC(=O)CN1CCN(C(=O)CN2CCN(CC=O)CCN(CC(=O)O)CCN(CC(=O)O)CC2)CC1. The average Bonchev–Trinajstić information content (AvgIpc) is 2.85. The van der Waals surface area contributed by atoms with Crippen LogP contribution in [-0.2, 0) is 24.0 Å². The van der Waals surface area contributed by atoms with E-state index in [2.05, 4.69) is 5.32 Å². The third-order valence-electron chi connectivity index (χ3n) is 6.81. The van der Waals surface area contributed by atoms with Crippen LogP contribution in [0.4, 0.5) is 0 Å². The summed E-state index contributed by atoms with van der Waals surface area (Å²) >= 11 is 0. The zero-order valence-electron chi connectivity index (χ0n) is 22.4. The molecule has 0 atom stereocenters. The number of carboxylic acids is 2. The maximum atomic E-state index is 13.1. The molecule has 0 aromatic rings. The number of rotatable bonds is 11. The third kappa shape index (κ3) is 12.3. The Morgan fingerprint density at radius 2 is 1.03 bits per heavy atom. The van der Waals surface area contributed by atoms with Crippen LogP contribution in [0.1, 0.15) is 6.92 Å². The average molecular weight is 542 g/mol. The van der Waals surface area contributed by atoms with Gasteiger partial charge in [-0.2, -0.15) is 0 Å². The van der Waals surface area contributed by atoms with E-state index >= 15 is 0 Å². The van der Waals surface area contributed by atoms with Gasteiger partial charge in [0, 0.05) is 85.1 Å². The monoisotopic (exact) mass is 541 g/mol. The summed E-state index contributed by atoms with van der Waals surface area (Å²) in [6.45, 7) is 8.73. The summed E-state index contributed by atoms with van der Waals surface area (Å²) in [5.74, 6) is -1.97.